The van der Waals surface area contributed by atoms with Crippen LogP contribution in [0.1, 0.15) is 41.2 Å². The van der Waals surface area contributed by atoms with Crippen LogP contribution in [0.5, 0.6) is 5.75 Å². The number of amides is 1. The number of hydrazine groups is 1. The summed E-state index contributed by atoms with van der Waals surface area (Å²) < 4.78 is 13.1. The van der Waals surface area contributed by atoms with E-state index in [0.717, 1.165) is 26.7 Å². The summed E-state index contributed by atoms with van der Waals surface area (Å²) in [5, 5.41) is 9.74. The first kappa shape index (κ1) is 32.4. The second-order valence-corrected chi connectivity index (χ2v) is 11.9. The first-order chi connectivity index (χ1) is 22.0. The Hall–Kier alpha value is -3.95. The molecule has 4 aromatic carbocycles. The van der Waals surface area contributed by atoms with E-state index < -0.39 is 11.6 Å². The molecule has 4 aromatic rings. The van der Waals surface area contributed by atoms with Crippen molar-refractivity contribution in [2.75, 3.05) is 19.8 Å². The molecule has 1 heterocycles. The Bertz CT molecular complexity index is 1610. The summed E-state index contributed by atoms with van der Waals surface area (Å²) in [6, 6.07) is 32.7. The lowest BCUT2D eigenvalue weighted by Crippen LogP contribution is -2.52. The molecule has 0 bridgehead atoms. The Balaban J connectivity index is 1.45. The molecule has 0 unspecified atom stereocenters. The van der Waals surface area contributed by atoms with Crippen LogP contribution in [0.3, 0.4) is 0 Å². The van der Waals surface area contributed by atoms with Gasteiger partial charge in [-0.15, -0.1) is 0 Å². The van der Waals surface area contributed by atoms with Gasteiger partial charge in [0, 0.05) is 46.6 Å². The van der Waals surface area contributed by atoms with Crippen LogP contribution in [0, 0.1) is 0 Å². The summed E-state index contributed by atoms with van der Waals surface area (Å²) in [6.45, 7) is 0.996. The summed E-state index contributed by atoms with van der Waals surface area (Å²) in [5.74, 6) is 0.728. The predicted molar refractivity (Wildman–Crippen MR) is 182 cm³/mol. The van der Waals surface area contributed by atoms with Crippen molar-refractivity contribution in [3.63, 3.8) is 0 Å². The molecule has 1 amide bonds. The minimum atomic E-state index is -1.33. The van der Waals surface area contributed by atoms with Crippen LogP contribution in [-0.2, 0) is 16.0 Å². The van der Waals surface area contributed by atoms with Gasteiger partial charge in [-0.1, -0.05) is 100 Å². The fourth-order valence-electron chi connectivity index (χ4n) is 5.03. The molecule has 2 atom stereocenters. The van der Waals surface area contributed by atoms with E-state index in [2.05, 4.69) is 26.8 Å². The van der Waals surface area contributed by atoms with Gasteiger partial charge in [0.05, 0.1) is 6.61 Å². The maximum absolute atomic E-state index is 14.3. The average molecular weight is 689 g/mol. The van der Waals surface area contributed by atoms with Crippen molar-refractivity contribution >= 4 is 45.4 Å². The maximum Gasteiger partial charge on any atom is 0.266 e. The molecule has 0 saturated carbocycles. The summed E-state index contributed by atoms with van der Waals surface area (Å²) in [7, 11) is 0. The monoisotopic (exact) mass is 687 g/mol. The standard InChI is InChI=1S/C36H35BrClN3O4/c37-32-12-5-4-11-31(32)33-36(22-6-10-26-8-2-1-3-9-26,35(43)41-39-23-21-27-13-17-29(38)18-14-27)40-34(45-33)28-15-19-30(20-16-28)44-25-7-24-42/h1-6,8-20,33,39,42H,7,21-25H2,(H,41,43)/b10-6+/t33-,36-/m0/s1. The van der Waals surface area contributed by atoms with Gasteiger partial charge in [0.25, 0.3) is 5.91 Å². The normalized spacial score (nSPS) is 17.6. The number of aliphatic hydroxyl groups excluding tert-OH is 1. The number of hydrogen-bond donors (Lipinski definition) is 3. The molecule has 9 heteroatoms. The van der Waals surface area contributed by atoms with Gasteiger partial charge in [-0.2, -0.15) is 0 Å². The van der Waals surface area contributed by atoms with Crippen molar-refractivity contribution in [1.29, 1.82) is 0 Å². The molecule has 0 aliphatic carbocycles. The van der Waals surface area contributed by atoms with Crippen molar-refractivity contribution < 1.29 is 19.4 Å². The van der Waals surface area contributed by atoms with Gasteiger partial charge in [0.2, 0.25) is 5.90 Å². The molecule has 232 valence electrons. The lowest BCUT2D eigenvalue weighted by atomic mass is 9.84. The zero-order chi connectivity index (χ0) is 31.5. The van der Waals surface area contributed by atoms with Crippen LogP contribution in [0.4, 0.5) is 0 Å². The van der Waals surface area contributed by atoms with Crippen molar-refractivity contribution in [3.05, 3.63) is 141 Å². The van der Waals surface area contributed by atoms with E-state index in [0.29, 0.717) is 42.7 Å². The lowest BCUT2D eigenvalue weighted by Gasteiger charge is -2.30. The maximum atomic E-state index is 14.3. The van der Waals surface area contributed by atoms with Crippen LogP contribution in [0.15, 0.2) is 119 Å². The number of carbonyl (C=O) groups is 1. The van der Waals surface area contributed by atoms with Gasteiger partial charge in [0.1, 0.15) is 5.75 Å². The van der Waals surface area contributed by atoms with E-state index in [1.807, 2.05) is 115 Å². The molecule has 0 saturated heterocycles. The molecular weight excluding hydrogens is 654 g/mol. The van der Waals surface area contributed by atoms with Crippen molar-refractivity contribution in [1.82, 2.24) is 10.9 Å². The largest absolute Gasteiger partial charge is 0.494 e. The third kappa shape index (κ3) is 8.41. The molecule has 7 nitrogen and oxygen atoms in total. The number of nitrogens with zero attached hydrogens (tertiary/aromatic N) is 1. The zero-order valence-electron chi connectivity index (χ0n) is 24.7. The van der Waals surface area contributed by atoms with Crippen LogP contribution < -0.4 is 15.6 Å². The number of rotatable bonds is 14. The highest BCUT2D eigenvalue weighted by Crippen LogP contribution is 2.45. The number of hydrogen-bond acceptors (Lipinski definition) is 6. The Kier molecular flexibility index (Phi) is 11.4. The van der Waals surface area contributed by atoms with Crippen LogP contribution in [0.2, 0.25) is 5.02 Å². The average Bonchev–Trinajstić information content (AvgIpc) is 3.45. The molecule has 1 aliphatic rings. The highest BCUT2D eigenvalue weighted by atomic mass is 79.9. The molecule has 5 rings (SSSR count). The third-order valence-electron chi connectivity index (χ3n) is 7.41. The molecule has 45 heavy (non-hydrogen) atoms. The van der Waals surface area contributed by atoms with Crippen LogP contribution in [-0.4, -0.2) is 42.2 Å². The number of carbonyl (C=O) groups excluding carboxylic acids is 1. The van der Waals surface area contributed by atoms with Gasteiger partial charge in [-0.25, -0.2) is 10.4 Å². The number of benzene rings is 4. The number of nitrogens with one attached hydrogen (secondary N) is 2. The topological polar surface area (TPSA) is 92.2 Å². The third-order valence-corrected chi connectivity index (χ3v) is 8.38. The van der Waals surface area contributed by atoms with Gasteiger partial charge in [0.15, 0.2) is 11.6 Å². The zero-order valence-corrected chi connectivity index (χ0v) is 27.0. The molecule has 3 N–H and O–H groups in total. The van der Waals surface area contributed by atoms with Crippen LogP contribution in [0.25, 0.3) is 6.08 Å². The number of aliphatic hydroxyl groups is 1. The van der Waals surface area contributed by atoms with E-state index in [9.17, 15) is 4.79 Å². The van der Waals surface area contributed by atoms with E-state index in [4.69, 9.17) is 31.2 Å². The van der Waals surface area contributed by atoms with Crippen LogP contribution >= 0.6 is 27.5 Å². The molecule has 0 aromatic heterocycles. The minimum Gasteiger partial charge on any atom is -0.494 e. The summed E-state index contributed by atoms with van der Waals surface area (Å²) in [6.07, 6.45) is 4.77. The van der Waals surface area contributed by atoms with Gasteiger partial charge >= 0.3 is 0 Å². The van der Waals surface area contributed by atoms with Gasteiger partial charge < -0.3 is 14.6 Å². The van der Waals surface area contributed by atoms with Crippen molar-refractivity contribution in [2.24, 2.45) is 4.99 Å². The first-order valence-corrected chi connectivity index (χ1v) is 16.0. The fourth-order valence-corrected chi connectivity index (χ4v) is 5.65. The fraction of sp³-hybridized carbons (Fsp3) is 0.222. The SMILES string of the molecule is O=C(NNCCc1ccc(Cl)cc1)[C@@]1(C/C=C/c2ccccc2)N=C(c2ccc(OCCCO)cc2)O[C@H]1c1ccccc1Br. The Labute approximate surface area is 277 Å². The quantitative estimate of drug-likeness (QED) is 0.0973. The van der Waals surface area contributed by atoms with E-state index in [1.54, 1.807) is 0 Å². The Morgan fingerprint density at radius 1 is 1.00 bits per heavy atom. The molecule has 0 spiro atoms. The molecular formula is C36H35BrClN3O4. The Morgan fingerprint density at radius 3 is 2.47 bits per heavy atom. The summed E-state index contributed by atoms with van der Waals surface area (Å²) in [4.78, 5) is 19.3. The smallest absolute Gasteiger partial charge is 0.266 e. The summed E-state index contributed by atoms with van der Waals surface area (Å²) >= 11 is 9.71. The number of halogens is 2. The van der Waals surface area contributed by atoms with E-state index in [1.165, 1.54) is 0 Å². The van der Waals surface area contributed by atoms with Crippen molar-refractivity contribution in [3.8, 4) is 5.75 Å². The van der Waals surface area contributed by atoms with Gasteiger partial charge in [-0.3, -0.25) is 10.2 Å². The molecule has 0 radical (unpaired) electrons. The highest BCUT2D eigenvalue weighted by Gasteiger charge is 2.53. The first-order valence-electron chi connectivity index (χ1n) is 14.8. The van der Waals surface area contributed by atoms with Gasteiger partial charge in [-0.05, 0) is 60.0 Å². The number of ether oxygens (including phenoxy) is 2. The van der Waals surface area contributed by atoms with E-state index in [-0.39, 0.29) is 18.9 Å². The second kappa shape index (κ2) is 15.9. The lowest BCUT2D eigenvalue weighted by molar-refractivity contribution is -0.129. The molecule has 1 aliphatic heterocycles. The predicted octanol–water partition coefficient (Wildman–Crippen LogP) is 7.09. The molecule has 0 fully saturated rings. The Morgan fingerprint density at radius 2 is 1.73 bits per heavy atom. The van der Waals surface area contributed by atoms with Crippen molar-refractivity contribution in [2.45, 2.75) is 30.9 Å². The summed E-state index contributed by atoms with van der Waals surface area (Å²) in [5.41, 5.74) is 8.36. The van der Waals surface area contributed by atoms with E-state index >= 15 is 0 Å². The minimum absolute atomic E-state index is 0.0675. The number of aliphatic imine (C=N–C) groups is 1. The second-order valence-electron chi connectivity index (χ2n) is 10.6. The highest BCUT2D eigenvalue weighted by molar-refractivity contribution is 9.10.